The molecular weight excluding hydrogens is 339 g/mol. The first-order valence-corrected chi connectivity index (χ1v) is 6.30. The SMILES string of the molecule is O=C(O)c1nccnc1C(=O)Nc1ccc(Cl)cc1C(F)(F)F. The number of rotatable bonds is 3. The van der Waals surface area contributed by atoms with E-state index in [2.05, 4.69) is 9.97 Å². The van der Waals surface area contributed by atoms with Crippen LogP contribution in [0.4, 0.5) is 18.9 Å². The van der Waals surface area contributed by atoms with E-state index in [-0.39, 0.29) is 5.02 Å². The number of anilines is 1. The predicted molar refractivity (Wildman–Crippen MR) is 73.4 cm³/mol. The van der Waals surface area contributed by atoms with Crippen molar-refractivity contribution < 1.29 is 27.9 Å². The van der Waals surface area contributed by atoms with Gasteiger partial charge in [0.2, 0.25) is 0 Å². The highest BCUT2D eigenvalue weighted by molar-refractivity contribution is 6.30. The normalized spacial score (nSPS) is 11.1. The van der Waals surface area contributed by atoms with Crippen molar-refractivity contribution in [1.82, 2.24) is 9.97 Å². The van der Waals surface area contributed by atoms with Crippen LogP contribution in [0.3, 0.4) is 0 Å². The number of carboxylic acid groups (broad SMARTS) is 1. The van der Waals surface area contributed by atoms with E-state index in [1.54, 1.807) is 0 Å². The van der Waals surface area contributed by atoms with Crippen molar-refractivity contribution in [2.45, 2.75) is 6.18 Å². The van der Waals surface area contributed by atoms with Crippen molar-refractivity contribution in [1.29, 1.82) is 0 Å². The summed E-state index contributed by atoms with van der Waals surface area (Å²) in [5, 5.41) is 10.7. The van der Waals surface area contributed by atoms with Gasteiger partial charge in [0.25, 0.3) is 5.91 Å². The molecule has 2 aromatic rings. The molecule has 0 aliphatic carbocycles. The molecule has 0 radical (unpaired) electrons. The lowest BCUT2D eigenvalue weighted by Gasteiger charge is -2.14. The zero-order chi connectivity index (χ0) is 17.2. The van der Waals surface area contributed by atoms with Gasteiger partial charge in [0.15, 0.2) is 11.4 Å². The van der Waals surface area contributed by atoms with Gasteiger partial charge in [-0.1, -0.05) is 11.6 Å². The number of nitrogens with zero attached hydrogens (tertiary/aromatic N) is 2. The van der Waals surface area contributed by atoms with Gasteiger partial charge in [-0.15, -0.1) is 0 Å². The van der Waals surface area contributed by atoms with Gasteiger partial charge in [0, 0.05) is 17.4 Å². The largest absolute Gasteiger partial charge is 0.476 e. The van der Waals surface area contributed by atoms with E-state index in [9.17, 15) is 22.8 Å². The lowest BCUT2D eigenvalue weighted by molar-refractivity contribution is -0.136. The van der Waals surface area contributed by atoms with Crippen molar-refractivity contribution in [2.24, 2.45) is 0 Å². The monoisotopic (exact) mass is 345 g/mol. The van der Waals surface area contributed by atoms with Gasteiger partial charge < -0.3 is 10.4 Å². The van der Waals surface area contributed by atoms with Crippen molar-refractivity contribution in [2.75, 3.05) is 5.32 Å². The summed E-state index contributed by atoms with van der Waals surface area (Å²) >= 11 is 5.53. The summed E-state index contributed by atoms with van der Waals surface area (Å²) < 4.78 is 38.9. The number of aromatic carboxylic acids is 1. The zero-order valence-corrected chi connectivity index (χ0v) is 11.8. The number of aromatic nitrogens is 2. The minimum atomic E-state index is -4.76. The molecule has 1 aromatic carbocycles. The number of carbonyl (C=O) groups is 2. The highest BCUT2D eigenvalue weighted by Gasteiger charge is 2.34. The summed E-state index contributed by atoms with van der Waals surface area (Å²) in [6.07, 6.45) is -2.66. The van der Waals surface area contributed by atoms with E-state index in [0.29, 0.717) is 6.07 Å². The van der Waals surface area contributed by atoms with Crippen LogP contribution < -0.4 is 5.32 Å². The Balaban J connectivity index is 2.41. The first kappa shape index (κ1) is 16.7. The van der Waals surface area contributed by atoms with E-state index in [1.807, 2.05) is 5.32 Å². The van der Waals surface area contributed by atoms with Gasteiger partial charge >= 0.3 is 12.1 Å². The molecule has 10 heteroatoms. The topological polar surface area (TPSA) is 92.2 Å². The van der Waals surface area contributed by atoms with E-state index in [0.717, 1.165) is 24.5 Å². The zero-order valence-electron chi connectivity index (χ0n) is 11.1. The molecule has 2 rings (SSSR count). The van der Waals surface area contributed by atoms with Crippen molar-refractivity contribution in [3.05, 3.63) is 52.6 Å². The molecule has 0 fully saturated rings. The van der Waals surface area contributed by atoms with Crippen LogP contribution in [0.5, 0.6) is 0 Å². The maximum Gasteiger partial charge on any atom is 0.418 e. The lowest BCUT2D eigenvalue weighted by atomic mass is 10.1. The Bertz CT molecular complexity index is 781. The standard InChI is InChI=1S/C13H7ClF3N3O3/c14-6-1-2-8(7(5-6)13(15,16)17)20-11(21)9-10(12(22)23)19-4-3-18-9/h1-5H,(H,20,21)(H,22,23). The smallest absolute Gasteiger partial charge is 0.418 e. The summed E-state index contributed by atoms with van der Waals surface area (Å²) in [4.78, 5) is 30.0. The number of hydrogen-bond acceptors (Lipinski definition) is 4. The third-order valence-electron chi connectivity index (χ3n) is 2.65. The molecule has 0 unspecified atom stereocenters. The highest BCUT2D eigenvalue weighted by Crippen LogP contribution is 2.36. The van der Waals surface area contributed by atoms with E-state index < -0.39 is 40.7 Å². The van der Waals surface area contributed by atoms with Crippen molar-refractivity contribution >= 4 is 29.2 Å². The predicted octanol–water partition coefficient (Wildman–Crippen LogP) is 3.10. The van der Waals surface area contributed by atoms with Gasteiger partial charge in [-0.3, -0.25) is 4.79 Å². The van der Waals surface area contributed by atoms with Gasteiger partial charge in [0.05, 0.1) is 11.3 Å². The van der Waals surface area contributed by atoms with E-state index in [4.69, 9.17) is 16.7 Å². The Labute approximate surface area is 131 Å². The second-order valence-corrected chi connectivity index (χ2v) is 4.64. The highest BCUT2D eigenvalue weighted by atomic mass is 35.5. The molecule has 120 valence electrons. The van der Waals surface area contributed by atoms with E-state index in [1.165, 1.54) is 0 Å². The average molecular weight is 346 g/mol. The molecule has 0 bridgehead atoms. The number of benzene rings is 1. The Kier molecular flexibility index (Phi) is 4.50. The molecule has 0 saturated heterocycles. The summed E-state index contributed by atoms with van der Waals surface area (Å²) in [6.45, 7) is 0. The summed E-state index contributed by atoms with van der Waals surface area (Å²) in [5.41, 5.74) is -3.02. The van der Waals surface area contributed by atoms with Crippen LogP contribution in [0, 0.1) is 0 Å². The molecule has 1 heterocycles. The van der Waals surface area contributed by atoms with E-state index >= 15 is 0 Å². The Hall–Kier alpha value is -2.68. The Morgan fingerprint density at radius 3 is 2.30 bits per heavy atom. The number of hydrogen-bond donors (Lipinski definition) is 2. The van der Waals surface area contributed by atoms with Crippen LogP contribution in [-0.2, 0) is 6.18 Å². The Morgan fingerprint density at radius 2 is 1.74 bits per heavy atom. The molecule has 0 aliphatic rings. The van der Waals surface area contributed by atoms with Crippen LogP contribution in [-0.4, -0.2) is 27.0 Å². The first-order chi connectivity index (χ1) is 10.7. The molecule has 1 amide bonds. The minimum absolute atomic E-state index is 0.166. The third kappa shape index (κ3) is 3.75. The fourth-order valence-electron chi connectivity index (χ4n) is 1.70. The van der Waals surface area contributed by atoms with Crippen LogP contribution in [0.1, 0.15) is 26.5 Å². The van der Waals surface area contributed by atoms with Crippen molar-refractivity contribution in [3.63, 3.8) is 0 Å². The molecule has 23 heavy (non-hydrogen) atoms. The van der Waals surface area contributed by atoms with Crippen LogP contribution in [0.25, 0.3) is 0 Å². The van der Waals surface area contributed by atoms with Gasteiger partial charge in [-0.05, 0) is 18.2 Å². The minimum Gasteiger partial charge on any atom is -0.476 e. The molecule has 0 atom stereocenters. The number of nitrogens with one attached hydrogen (secondary N) is 1. The molecule has 6 nitrogen and oxygen atoms in total. The van der Waals surface area contributed by atoms with Crippen molar-refractivity contribution in [3.8, 4) is 0 Å². The van der Waals surface area contributed by atoms with Gasteiger partial charge in [-0.2, -0.15) is 13.2 Å². The Morgan fingerprint density at radius 1 is 1.13 bits per heavy atom. The van der Waals surface area contributed by atoms with Crippen LogP contribution >= 0.6 is 11.6 Å². The second-order valence-electron chi connectivity index (χ2n) is 4.20. The second kappa shape index (κ2) is 6.21. The number of alkyl halides is 3. The molecular formula is C13H7ClF3N3O3. The summed E-state index contributed by atoms with van der Waals surface area (Å²) in [6, 6.07) is 2.76. The molecule has 0 saturated carbocycles. The fourth-order valence-corrected chi connectivity index (χ4v) is 1.87. The third-order valence-corrected chi connectivity index (χ3v) is 2.89. The van der Waals surface area contributed by atoms with Crippen LogP contribution in [0.2, 0.25) is 5.02 Å². The molecule has 0 spiro atoms. The fraction of sp³-hybridized carbons (Fsp3) is 0.0769. The molecule has 2 N–H and O–H groups in total. The quantitative estimate of drug-likeness (QED) is 0.891. The summed E-state index contributed by atoms with van der Waals surface area (Å²) in [7, 11) is 0. The summed E-state index contributed by atoms with van der Waals surface area (Å²) in [5.74, 6) is -2.67. The van der Waals surface area contributed by atoms with Gasteiger partial charge in [-0.25, -0.2) is 14.8 Å². The molecule has 0 aliphatic heterocycles. The number of carbonyl (C=O) groups excluding carboxylic acids is 1. The maximum atomic E-state index is 13.0. The number of carboxylic acids is 1. The number of halogens is 4. The molecule has 1 aromatic heterocycles. The number of amides is 1. The van der Waals surface area contributed by atoms with Gasteiger partial charge in [0.1, 0.15) is 0 Å². The average Bonchev–Trinajstić information content (AvgIpc) is 2.48. The first-order valence-electron chi connectivity index (χ1n) is 5.92. The lowest BCUT2D eigenvalue weighted by Crippen LogP contribution is -2.21. The van der Waals surface area contributed by atoms with Crippen LogP contribution in [0.15, 0.2) is 30.6 Å². The maximum absolute atomic E-state index is 13.0.